The second-order valence-corrected chi connectivity index (χ2v) is 8.49. The maximum Gasteiger partial charge on any atom is 0.263 e. The molecule has 0 bridgehead atoms. The monoisotopic (exact) mass is 402 g/mol. The summed E-state index contributed by atoms with van der Waals surface area (Å²) in [6, 6.07) is 9.60. The molecule has 3 aromatic rings. The van der Waals surface area contributed by atoms with Gasteiger partial charge in [-0.3, -0.25) is 4.79 Å². The smallest absolute Gasteiger partial charge is 0.263 e. The molecule has 1 aromatic carbocycles. The number of halogens is 1. The highest BCUT2D eigenvalue weighted by Crippen LogP contribution is 2.32. The molecule has 1 amide bonds. The van der Waals surface area contributed by atoms with Gasteiger partial charge in [-0.25, -0.2) is 4.68 Å². The Kier molecular flexibility index (Phi) is 5.21. The normalized spacial score (nSPS) is 14.9. The van der Waals surface area contributed by atoms with Gasteiger partial charge in [0.15, 0.2) is 0 Å². The number of fused-ring (bicyclic) bond motifs is 1. The van der Waals surface area contributed by atoms with E-state index in [9.17, 15) is 4.79 Å². The molecule has 0 aliphatic carbocycles. The number of hydrogen-bond acceptors (Lipinski definition) is 4. The van der Waals surface area contributed by atoms with E-state index in [1.54, 1.807) is 0 Å². The van der Waals surface area contributed by atoms with Gasteiger partial charge in [0.25, 0.3) is 5.91 Å². The van der Waals surface area contributed by atoms with Crippen molar-refractivity contribution in [2.45, 2.75) is 19.8 Å². The van der Waals surface area contributed by atoms with Crippen molar-refractivity contribution < 1.29 is 4.79 Å². The zero-order valence-corrected chi connectivity index (χ0v) is 17.2. The molecule has 0 saturated carbocycles. The van der Waals surface area contributed by atoms with Crippen molar-refractivity contribution in [1.82, 2.24) is 19.6 Å². The molecule has 0 radical (unpaired) electrons. The molecule has 1 saturated heterocycles. The van der Waals surface area contributed by atoms with Gasteiger partial charge in [-0.05, 0) is 51.1 Å². The summed E-state index contributed by atoms with van der Waals surface area (Å²) in [4.78, 5) is 18.9. The summed E-state index contributed by atoms with van der Waals surface area (Å²) in [5, 5.41) is 6.28. The van der Waals surface area contributed by atoms with Crippen LogP contribution < -0.4 is 0 Å². The number of thiophene rings is 1. The van der Waals surface area contributed by atoms with Crippen LogP contribution in [0.25, 0.3) is 15.9 Å². The van der Waals surface area contributed by atoms with Crippen molar-refractivity contribution in [3.63, 3.8) is 0 Å². The SMILES string of the molecule is Cc1nn(-c2ccccc2Cl)c2sc(C(=O)N(C)CCN3CCCC3)cc12. The van der Waals surface area contributed by atoms with Gasteiger partial charge < -0.3 is 9.80 Å². The predicted octanol–water partition coefficient (Wildman–Crippen LogP) is 4.22. The minimum Gasteiger partial charge on any atom is -0.340 e. The Bertz CT molecular complexity index is 974. The zero-order chi connectivity index (χ0) is 19.0. The molecule has 4 rings (SSSR count). The molecule has 2 aromatic heterocycles. The fourth-order valence-electron chi connectivity index (χ4n) is 3.53. The summed E-state index contributed by atoms with van der Waals surface area (Å²) in [6.45, 7) is 5.96. The maximum absolute atomic E-state index is 12.9. The molecule has 27 heavy (non-hydrogen) atoms. The number of likely N-dealkylation sites (tertiary alicyclic amines) is 1. The molecule has 142 valence electrons. The summed E-state index contributed by atoms with van der Waals surface area (Å²) in [6.07, 6.45) is 2.54. The first-order valence-electron chi connectivity index (χ1n) is 9.26. The number of carbonyl (C=O) groups excluding carboxylic acids is 1. The molecule has 3 heterocycles. The highest BCUT2D eigenvalue weighted by atomic mass is 35.5. The van der Waals surface area contributed by atoms with Crippen LogP contribution in [-0.4, -0.2) is 58.7 Å². The van der Waals surface area contributed by atoms with Crippen LogP contribution in [-0.2, 0) is 0 Å². The number of para-hydroxylation sites is 1. The van der Waals surface area contributed by atoms with Gasteiger partial charge >= 0.3 is 0 Å². The number of aromatic nitrogens is 2. The minimum atomic E-state index is 0.0699. The van der Waals surface area contributed by atoms with Crippen LogP contribution in [0.1, 0.15) is 28.2 Å². The number of rotatable bonds is 5. The number of aryl methyl sites for hydroxylation is 1. The first kappa shape index (κ1) is 18.5. The van der Waals surface area contributed by atoms with Crippen LogP contribution in [0.4, 0.5) is 0 Å². The largest absolute Gasteiger partial charge is 0.340 e. The van der Waals surface area contributed by atoms with Gasteiger partial charge in [-0.2, -0.15) is 5.10 Å². The predicted molar refractivity (Wildman–Crippen MR) is 111 cm³/mol. The summed E-state index contributed by atoms with van der Waals surface area (Å²) >= 11 is 7.84. The molecular weight excluding hydrogens is 380 g/mol. The van der Waals surface area contributed by atoms with E-state index in [1.165, 1.54) is 24.2 Å². The van der Waals surface area contributed by atoms with Crippen molar-refractivity contribution >= 4 is 39.1 Å². The van der Waals surface area contributed by atoms with Gasteiger partial charge in [-0.15, -0.1) is 11.3 Å². The maximum atomic E-state index is 12.9. The molecule has 1 fully saturated rings. The Labute approximate surface area is 168 Å². The number of carbonyl (C=O) groups is 1. The van der Waals surface area contributed by atoms with Gasteiger partial charge in [0, 0.05) is 25.5 Å². The summed E-state index contributed by atoms with van der Waals surface area (Å²) in [5.41, 5.74) is 1.74. The van der Waals surface area contributed by atoms with Crippen molar-refractivity contribution in [3.05, 3.63) is 45.9 Å². The lowest BCUT2D eigenvalue weighted by molar-refractivity contribution is 0.0787. The Balaban J connectivity index is 1.58. The molecule has 0 spiro atoms. The average Bonchev–Trinajstić information content (AvgIpc) is 3.38. The first-order chi connectivity index (χ1) is 13.0. The van der Waals surface area contributed by atoms with Gasteiger partial charge in [-0.1, -0.05) is 23.7 Å². The first-order valence-corrected chi connectivity index (χ1v) is 10.5. The number of benzene rings is 1. The standard InChI is InChI=1S/C20H23ClN4OS/c1-14-15-13-18(19(26)23(2)11-12-24-9-5-6-10-24)27-20(15)25(22-14)17-8-4-3-7-16(17)21/h3-4,7-8,13H,5-6,9-12H2,1-2H3. The number of nitrogens with zero attached hydrogens (tertiary/aromatic N) is 4. The lowest BCUT2D eigenvalue weighted by atomic mass is 10.3. The molecule has 0 atom stereocenters. The molecule has 0 unspecified atom stereocenters. The molecule has 7 heteroatoms. The van der Waals surface area contributed by atoms with Crippen LogP contribution >= 0.6 is 22.9 Å². The Morgan fingerprint density at radius 1 is 1.30 bits per heavy atom. The average molecular weight is 403 g/mol. The van der Waals surface area contributed by atoms with Gasteiger partial charge in [0.2, 0.25) is 0 Å². The topological polar surface area (TPSA) is 41.4 Å². The Morgan fingerprint density at radius 3 is 2.78 bits per heavy atom. The third-order valence-corrected chi connectivity index (χ3v) is 6.55. The van der Waals surface area contributed by atoms with E-state index >= 15 is 0 Å². The summed E-state index contributed by atoms with van der Waals surface area (Å²) in [5.74, 6) is 0.0699. The second kappa shape index (κ2) is 7.62. The molecule has 0 N–H and O–H groups in total. The molecule has 1 aliphatic heterocycles. The van der Waals surface area contributed by atoms with Crippen molar-refractivity contribution in [2.75, 3.05) is 33.2 Å². The third-order valence-electron chi connectivity index (χ3n) is 5.13. The van der Waals surface area contributed by atoms with Crippen molar-refractivity contribution in [1.29, 1.82) is 0 Å². The van der Waals surface area contributed by atoms with E-state index in [1.807, 2.05) is 53.9 Å². The van der Waals surface area contributed by atoms with Crippen LogP contribution in [0.5, 0.6) is 0 Å². The quantitative estimate of drug-likeness (QED) is 0.641. The summed E-state index contributed by atoms with van der Waals surface area (Å²) in [7, 11) is 1.88. The van der Waals surface area contributed by atoms with Crippen LogP contribution in [0.3, 0.4) is 0 Å². The lowest BCUT2D eigenvalue weighted by Gasteiger charge is -2.21. The van der Waals surface area contributed by atoms with E-state index in [0.29, 0.717) is 5.02 Å². The van der Waals surface area contributed by atoms with Gasteiger partial charge in [0.1, 0.15) is 4.83 Å². The minimum absolute atomic E-state index is 0.0699. The zero-order valence-electron chi connectivity index (χ0n) is 15.6. The van der Waals surface area contributed by atoms with E-state index in [0.717, 1.165) is 52.7 Å². The van der Waals surface area contributed by atoms with Crippen LogP contribution in [0.2, 0.25) is 5.02 Å². The number of likely N-dealkylation sites (N-methyl/N-ethyl adjacent to an activating group) is 1. The fraction of sp³-hybridized carbons (Fsp3) is 0.400. The molecule has 5 nitrogen and oxygen atoms in total. The Hall–Kier alpha value is -1.89. The summed E-state index contributed by atoms with van der Waals surface area (Å²) < 4.78 is 1.85. The van der Waals surface area contributed by atoms with Crippen LogP contribution in [0.15, 0.2) is 30.3 Å². The van der Waals surface area contributed by atoms with Crippen LogP contribution in [0, 0.1) is 6.92 Å². The third kappa shape index (κ3) is 3.61. The fourth-order valence-corrected chi connectivity index (χ4v) is 4.91. The number of hydrogen-bond donors (Lipinski definition) is 0. The van der Waals surface area contributed by atoms with Crippen molar-refractivity contribution in [2.24, 2.45) is 0 Å². The molecular formula is C20H23ClN4OS. The van der Waals surface area contributed by atoms with E-state index in [4.69, 9.17) is 11.6 Å². The lowest BCUT2D eigenvalue weighted by Crippen LogP contribution is -2.34. The van der Waals surface area contributed by atoms with E-state index in [2.05, 4.69) is 10.00 Å². The van der Waals surface area contributed by atoms with E-state index in [-0.39, 0.29) is 5.91 Å². The molecule has 1 aliphatic rings. The number of amides is 1. The van der Waals surface area contributed by atoms with Crippen molar-refractivity contribution in [3.8, 4) is 5.69 Å². The highest BCUT2D eigenvalue weighted by molar-refractivity contribution is 7.20. The van der Waals surface area contributed by atoms with E-state index < -0.39 is 0 Å². The Morgan fingerprint density at radius 2 is 2.04 bits per heavy atom. The highest BCUT2D eigenvalue weighted by Gasteiger charge is 2.21. The second-order valence-electron chi connectivity index (χ2n) is 7.05. The van der Waals surface area contributed by atoms with Gasteiger partial charge in [0.05, 0.1) is 21.3 Å².